The molecule has 1 aromatic carbocycles. The van der Waals surface area contributed by atoms with Crippen LogP contribution in [0.2, 0.25) is 0 Å². The van der Waals surface area contributed by atoms with Crippen LogP contribution < -0.4 is 5.32 Å². The van der Waals surface area contributed by atoms with Gasteiger partial charge in [0.15, 0.2) is 0 Å². The predicted molar refractivity (Wildman–Crippen MR) is 65.1 cm³/mol. The number of nitrogens with zero attached hydrogens (tertiary/aromatic N) is 1. The number of hydrogen-bond acceptors (Lipinski definition) is 3. The highest BCUT2D eigenvalue weighted by Gasteiger charge is 2.09. The summed E-state index contributed by atoms with van der Waals surface area (Å²) >= 11 is 0. The SMILES string of the molecule is CCOC(=O)Nc1cccc(C(=O)N(C)C)c1. The fraction of sp³-hybridized carbons (Fsp3) is 0.333. The van der Waals surface area contributed by atoms with Crippen molar-refractivity contribution in [1.29, 1.82) is 0 Å². The van der Waals surface area contributed by atoms with Crippen LogP contribution in [0.5, 0.6) is 0 Å². The summed E-state index contributed by atoms with van der Waals surface area (Å²) in [7, 11) is 3.35. The molecule has 0 saturated carbocycles. The molecule has 1 N–H and O–H groups in total. The van der Waals surface area contributed by atoms with Gasteiger partial charge in [-0.1, -0.05) is 6.07 Å². The van der Waals surface area contributed by atoms with Gasteiger partial charge in [0.05, 0.1) is 6.61 Å². The lowest BCUT2D eigenvalue weighted by molar-refractivity contribution is 0.0827. The number of rotatable bonds is 3. The minimum Gasteiger partial charge on any atom is -0.450 e. The molecule has 0 heterocycles. The first kappa shape index (κ1) is 13.0. The number of carbonyl (C=O) groups excluding carboxylic acids is 2. The molecule has 92 valence electrons. The summed E-state index contributed by atoms with van der Waals surface area (Å²) in [6, 6.07) is 6.71. The van der Waals surface area contributed by atoms with Gasteiger partial charge < -0.3 is 9.64 Å². The lowest BCUT2D eigenvalue weighted by Crippen LogP contribution is -2.22. The molecule has 0 unspecified atom stereocenters. The third kappa shape index (κ3) is 3.79. The summed E-state index contributed by atoms with van der Waals surface area (Å²) in [4.78, 5) is 24.4. The van der Waals surface area contributed by atoms with Gasteiger partial charge >= 0.3 is 6.09 Å². The average Bonchev–Trinajstić information content (AvgIpc) is 2.28. The number of anilines is 1. The summed E-state index contributed by atoms with van der Waals surface area (Å²) in [6.07, 6.45) is -0.526. The number of amides is 2. The molecule has 0 aliphatic carbocycles. The van der Waals surface area contributed by atoms with Crippen molar-refractivity contribution in [3.8, 4) is 0 Å². The minimum absolute atomic E-state index is 0.113. The molecular formula is C12H16N2O3. The molecule has 0 aliphatic heterocycles. The third-order valence-electron chi connectivity index (χ3n) is 2.04. The molecule has 0 saturated heterocycles. The second-order valence-electron chi connectivity index (χ2n) is 3.63. The maximum absolute atomic E-state index is 11.7. The van der Waals surface area contributed by atoms with Crippen molar-refractivity contribution in [2.24, 2.45) is 0 Å². The van der Waals surface area contributed by atoms with Crippen LogP contribution in [0.25, 0.3) is 0 Å². The molecule has 0 spiro atoms. The number of ether oxygens (including phenoxy) is 1. The van der Waals surface area contributed by atoms with Gasteiger partial charge in [0.1, 0.15) is 0 Å². The largest absolute Gasteiger partial charge is 0.450 e. The highest BCUT2D eigenvalue weighted by Crippen LogP contribution is 2.12. The van der Waals surface area contributed by atoms with Gasteiger partial charge in [-0.2, -0.15) is 0 Å². The Morgan fingerprint density at radius 3 is 2.65 bits per heavy atom. The summed E-state index contributed by atoms with van der Waals surface area (Å²) in [5.41, 5.74) is 1.06. The zero-order valence-electron chi connectivity index (χ0n) is 10.2. The van der Waals surface area contributed by atoms with Crippen LogP contribution in [-0.2, 0) is 4.74 Å². The van der Waals surface area contributed by atoms with E-state index in [1.54, 1.807) is 45.3 Å². The van der Waals surface area contributed by atoms with E-state index in [0.717, 1.165) is 0 Å². The number of carbonyl (C=O) groups is 2. The van der Waals surface area contributed by atoms with E-state index in [-0.39, 0.29) is 5.91 Å². The van der Waals surface area contributed by atoms with E-state index in [2.05, 4.69) is 5.32 Å². The number of hydrogen-bond donors (Lipinski definition) is 1. The second-order valence-corrected chi connectivity index (χ2v) is 3.63. The molecule has 17 heavy (non-hydrogen) atoms. The third-order valence-corrected chi connectivity index (χ3v) is 2.04. The van der Waals surface area contributed by atoms with Crippen molar-refractivity contribution in [2.75, 3.05) is 26.0 Å². The van der Waals surface area contributed by atoms with E-state index < -0.39 is 6.09 Å². The van der Waals surface area contributed by atoms with Gasteiger partial charge in [-0.25, -0.2) is 4.79 Å². The maximum Gasteiger partial charge on any atom is 0.411 e. The van der Waals surface area contributed by atoms with E-state index in [1.165, 1.54) is 4.90 Å². The first-order valence-electron chi connectivity index (χ1n) is 5.30. The van der Waals surface area contributed by atoms with Gasteiger partial charge in [0.2, 0.25) is 0 Å². The van der Waals surface area contributed by atoms with Crippen LogP contribution in [0, 0.1) is 0 Å². The standard InChI is InChI=1S/C12H16N2O3/c1-4-17-12(16)13-10-7-5-6-9(8-10)11(15)14(2)3/h5-8H,4H2,1-3H3,(H,13,16). The molecule has 1 rings (SSSR count). The molecule has 5 heteroatoms. The molecule has 5 nitrogen and oxygen atoms in total. The topological polar surface area (TPSA) is 58.6 Å². The average molecular weight is 236 g/mol. The second kappa shape index (κ2) is 5.89. The predicted octanol–water partition coefficient (Wildman–Crippen LogP) is 1.96. The Bertz CT molecular complexity index is 416. The van der Waals surface area contributed by atoms with Crippen LogP contribution in [0.15, 0.2) is 24.3 Å². The molecule has 0 radical (unpaired) electrons. The Balaban J connectivity index is 2.79. The van der Waals surface area contributed by atoms with Crippen LogP contribution in [0.3, 0.4) is 0 Å². The smallest absolute Gasteiger partial charge is 0.411 e. The Morgan fingerprint density at radius 1 is 1.35 bits per heavy atom. The highest BCUT2D eigenvalue weighted by atomic mass is 16.5. The molecule has 0 fully saturated rings. The molecule has 0 bridgehead atoms. The van der Waals surface area contributed by atoms with E-state index in [1.807, 2.05) is 0 Å². The van der Waals surface area contributed by atoms with E-state index in [4.69, 9.17) is 4.74 Å². The van der Waals surface area contributed by atoms with Crippen molar-refractivity contribution < 1.29 is 14.3 Å². The molecule has 0 aliphatic rings. The van der Waals surface area contributed by atoms with Crippen molar-refractivity contribution in [2.45, 2.75) is 6.92 Å². The number of nitrogens with one attached hydrogen (secondary N) is 1. The van der Waals surface area contributed by atoms with Crippen molar-refractivity contribution in [1.82, 2.24) is 4.90 Å². The van der Waals surface area contributed by atoms with Gasteiger partial charge in [-0.15, -0.1) is 0 Å². The fourth-order valence-corrected chi connectivity index (χ4v) is 1.27. The number of benzene rings is 1. The van der Waals surface area contributed by atoms with Crippen LogP contribution in [0.1, 0.15) is 17.3 Å². The van der Waals surface area contributed by atoms with Crippen LogP contribution in [-0.4, -0.2) is 37.6 Å². The van der Waals surface area contributed by atoms with Crippen molar-refractivity contribution >= 4 is 17.7 Å². The molecule has 2 amide bonds. The normalized spacial score (nSPS) is 9.59. The maximum atomic E-state index is 11.7. The lowest BCUT2D eigenvalue weighted by atomic mass is 10.2. The minimum atomic E-state index is -0.526. The summed E-state index contributed by atoms with van der Waals surface area (Å²) < 4.78 is 4.75. The van der Waals surface area contributed by atoms with E-state index >= 15 is 0 Å². The molecule has 1 aromatic rings. The fourth-order valence-electron chi connectivity index (χ4n) is 1.27. The lowest BCUT2D eigenvalue weighted by Gasteiger charge is -2.11. The quantitative estimate of drug-likeness (QED) is 0.872. The molecule has 0 aromatic heterocycles. The first-order valence-corrected chi connectivity index (χ1v) is 5.30. The van der Waals surface area contributed by atoms with Gasteiger partial charge in [-0.05, 0) is 25.1 Å². The van der Waals surface area contributed by atoms with Gasteiger partial charge in [0, 0.05) is 25.3 Å². The zero-order chi connectivity index (χ0) is 12.8. The van der Waals surface area contributed by atoms with Crippen molar-refractivity contribution in [3.05, 3.63) is 29.8 Å². The van der Waals surface area contributed by atoms with Crippen LogP contribution in [0.4, 0.5) is 10.5 Å². The highest BCUT2D eigenvalue weighted by molar-refractivity contribution is 5.95. The zero-order valence-corrected chi connectivity index (χ0v) is 10.2. The van der Waals surface area contributed by atoms with Gasteiger partial charge in [0.25, 0.3) is 5.91 Å². The summed E-state index contributed by atoms with van der Waals surface area (Å²) in [5, 5.41) is 2.55. The summed E-state index contributed by atoms with van der Waals surface area (Å²) in [6.45, 7) is 2.04. The summed E-state index contributed by atoms with van der Waals surface area (Å²) in [5.74, 6) is -0.113. The van der Waals surface area contributed by atoms with Crippen molar-refractivity contribution in [3.63, 3.8) is 0 Å². The van der Waals surface area contributed by atoms with E-state index in [9.17, 15) is 9.59 Å². The first-order chi connectivity index (χ1) is 8.04. The monoisotopic (exact) mass is 236 g/mol. The van der Waals surface area contributed by atoms with Gasteiger partial charge in [-0.3, -0.25) is 10.1 Å². The van der Waals surface area contributed by atoms with Crippen LogP contribution >= 0.6 is 0 Å². The molecule has 0 atom stereocenters. The molecular weight excluding hydrogens is 220 g/mol. The Kier molecular flexibility index (Phi) is 4.51. The Morgan fingerprint density at radius 2 is 2.06 bits per heavy atom. The van der Waals surface area contributed by atoms with E-state index in [0.29, 0.717) is 17.9 Å². The Labute approximate surface area is 100 Å². The Hall–Kier alpha value is -2.04.